The summed E-state index contributed by atoms with van der Waals surface area (Å²) in [7, 11) is 1.50. The molecule has 6 heteroatoms. The van der Waals surface area contributed by atoms with E-state index in [0.29, 0.717) is 11.8 Å². The summed E-state index contributed by atoms with van der Waals surface area (Å²) in [6, 6.07) is 8.07. The highest BCUT2D eigenvalue weighted by molar-refractivity contribution is 6.30. The van der Waals surface area contributed by atoms with Crippen molar-refractivity contribution in [2.45, 2.75) is 96.7 Å². The summed E-state index contributed by atoms with van der Waals surface area (Å²) in [5, 5.41) is 4.50. The summed E-state index contributed by atoms with van der Waals surface area (Å²) < 4.78 is 5.34. The van der Waals surface area contributed by atoms with Gasteiger partial charge in [0.25, 0.3) is 0 Å². The smallest absolute Gasteiger partial charge is 0.336 e. The molecule has 0 amide bonds. The van der Waals surface area contributed by atoms with Crippen LogP contribution in [0, 0.1) is 17.8 Å². The third-order valence-electron chi connectivity index (χ3n) is 8.42. The number of hydrogen-bond acceptors (Lipinski definition) is 5. The van der Waals surface area contributed by atoms with Gasteiger partial charge in [-0.25, -0.2) is 4.79 Å². The van der Waals surface area contributed by atoms with Gasteiger partial charge in [0.05, 0.1) is 19.5 Å². The minimum absolute atomic E-state index is 0.00994. The fraction of sp³-hybridized carbons (Fsp3) is 0.714. The monoisotopic (exact) mass is 489 g/mol. The number of methoxy groups -OCH3 is 1. The van der Waals surface area contributed by atoms with E-state index in [0.717, 1.165) is 36.5 Å². The lowest BCUT2D eigenvalue weighted by atomic mass is 9.69. The number of nitrogens with zero attached hydrogens (tertiary/aromatic N) is 2. The van der Waals surface area contributed by atoms with E-state index in [1.54, 1.807) is 0 Å². The minimum Gasteiger partial charge on any atom is -0.467 e. The molecule has 5 nitrogen and oxygen atoms in total. The van der Waals surface area contributed by atoms with E-state index < -0.39 is 5.54 Å². The van der Waals surface area contributed by atoms with Gasteiger partial charge in [-0.3, -0.25) is 4.99 Å². The molecule has 1 aromatic carbocycles. The van der Waals surface area contributed by atoms with Crippen molar-refractivity contribution in [1.82, 2.24) is 4.90 Å². The van der Waals surface area contributed by atoms with Crippen LogP contribution in [0.3, 0.4) is 0 Å². The number of carbonyl (C=O) groups is 1. The number of aliphatic imine (C=N–C) groups is 1. The standard InChI is InChI=1S/C28H44ClN3O2/c1-7-17-32-19-30-28(20(3)8-2,26(33)34-6)25(32)18-21-9-11-22(12-10-21)27(4,5)31-24-15-13-23(29)14-16-24/h13-16,19-22,25,31H,7-12,17-18H2,1-6H3. The number of hydrogen-bond donors (Lipinski definition) is 1. The highest BCUT2D eigenvalue weighted by atomic mass is 35.5. The number of ether oxygens (including phenoxy) is 1. The van der Waals surface area contributed by atoms with Crippen LogP contribution in [0.5, 0.6) is 0 Å². The van der Waals surface area contributed by atoms with Crippen LogP contribution in [0.25, 0.3) is 0 Å². The average Bonchev–Trinajstić information content (AvgIpc) is 3.18. The number of halogens is 1. The predicted molar refractivity (Wildman–Crippen MR) is 143 cm³/mol. The first-order valence-corrected chi connectivity index (χ1v) is 13.5. The Balaban J connectivity index is 1.68. The lowest BCUT2D eigenvalue weighted by molar-refractivity contribution is -0.151. The summed E-state index contributed by atoms with van der Waals surface area (Å²) in [6.07, 6.45) is 9.62. The maximum Gasteiger partial charge on any atom is 0.336 e. The van der Waals surface area contributed by atoms with Gasteiger partial charge in [-0.1, -0.05) is 51.6 Å². The van der Waals surface area contributed by atoms with Gasteiger partial charge in [-0.05, 0) is 81.5 Å². The van der Waals surface area contributed by atoms with Crippen LogP contribution in [-0.2, 0) is 9.53 Å². The zero-order chi connectivity index (χ0) is 24.9. The summed E-state index contributed by atoms with van der Waals surface area (Å²) in [6.45, 7) is 12.0. The molecule has 0 saturated heterocycles. The van der Waals surface area contributed by atoms with E-state index in [1.807, 2.05) is 18.5 Å². The highest BCUT2D eigenvalue weighted by Gasteiger charge is 2.55. The number of carbonyl (C=O) groups excluding carboxylic acids is 1. The minimum atomic E-state index is -0.787. The molecule has 1 N–H and O–H groups in total. The van der Waals surface area contributed by atoms with Gasteiger partial charge in [0.15, 0.2) is 5.54 Å². The van der Waals surface area contributed by atoms with E-state index in [1.165, 1.54) is 32.8 Å². The summed E-state index contributed by atoms with van der Waals surface area (Å²) in [5.41, 5.74) is 0.340. The molecule has 3 unspecified atom stereocenters. The van der Waals surface area contributed by atoms with Crippen molar-refractivity contribution in [2.75, 3.05) is 19.0 Å². The van der Waals surface area contributed by atoms with Crippen LogP contribution in [-0.4, -0.2) is 48.0 Å². The summed E-state index contributed by atoms with van der Waals surface area (Å²) >= 11 is 6.06. The zero-order valence-electron chi connectivity index (χ0n) is 21.9. The van der Waals surface area contributed by atoms with E-state index in [4.69, 9.17) is 21.3 Å². The van der Waals surface area contributed by atoms with Gasteiger partial charge in [-0.2, -0.15) is 0 Å². The average molecular weight is 490 g/mol. The molecular weight excluding hydrogens is 446 g/mol. The Morgan fingerprint density at radius 2 is 1.88 bits per heavy atom. The van der Waals surface area contributed by atoms with Gasteiger partial charge < -0.3 is 15.0 Å². The molecule has 0 bridgehead atoms. The molecule has 3 atom stereocenters. The first kappa shape index (κ1) is 26.8. The fourth-order valence-electron chi connectivity index (χ4n) is 6.14. The van der Waals surface area contributed by atoms with Gasteiger partial charge in [-0.15, -0.1) is 0 Å². The summed E-state index contributed by atoms with van der Waals surface area (Å²) in [4.78, 5) is 20.3. The Bertz CT molecular complexity index is 833. The Morgan fingerprint density at radius 1 is 1.24 bits per heavy atom. The van der Waals surface area contributed by atoms with E-state index >= 15 is 0 Å². The van der Waals surface area contributed by atoms with Crippen molar-refractivity contribution >= 4 is 29.6 Å². The van der Waals surface area contributed by atoms with Crippen LogP contribution in [0.2, 0.25) is 5.02 Å². The molecule has 34 heavy (non-hydrogen) atoms. The largest absolute Gasteiger partial charge is 0.467 e. The van der Waals surface area contributed by atoms with Crippen molar-refractivity contribution in [2.24, 2.45) is 22.7 Å². The second kappa shape index (κ2) is 11.3. The maximum absolute atomic E-state index is 13.1. The second-order valence-corrected chi connectivity index (χ2v) is 11.4. The molecule has 190 valence electrons. The number of anilines is 1. The first-order valence-electron chi connectivity index (χ1n) is 13.1. The number of esters is 1. The van der Waals surface area contributed by atoms with Crippen LogP contribution in [0.1, 0.15) is 79.6 Å². The molecule has 1 aliphatic heterocycles. The maximum atomic E-state index is 13.1. The van der Waals surface area contributed by atoms with Crippen LogP contribution < -0.4 is 5.32 Å². The number of benzene rings is 1. The van der Waals surface area contributed by atoms with Crippen molar-refractivity contribution < 1.29 is 9.53 Å². The van der Waals surface area contributed by atoms with Crippen molar-refractivity contribution in [3.8, 4) is 0 Å². The molecule has 1 aromatic rings. The third-order valence-corrected chi connectivity index (χ3v) is 8.67. The van der Waals surface area contributed by atoms with Gasteiger partial charge in [0.2, 0.25) is 0 Å². The van der Waals surface area contributed by atoms with E-state index in [-0.39, 0.29) is 23.5 Å². The second-order valence-electron chi connectivity index (χ2n) is 10.9. The Labute approximate surface area is 211 Å². The fourth-order valence-corrected chi connectivity index (χ4v) is 6.26. The zero-order valence-corrected chi connectivity index (χ0v) is 22.7. The molecular formula is C28H44ClN3O2. The Kier molecular flexibility index (Phi) is 8.94. The highest BCUT2D eigenvalue weighted by Crippen LogP contribution is 2.44. The molecule has 1 heterocycles. The van der Waals surface area contributed by atoms with Crippen LogP contribution >= 0.6 is 11.6 Å². The molecule has 1 aliphatic carbocycles. The first-order chi connectivity index (χ1) is 16.2. The molecule has 1 saturated carbocycles. The van der Waals surface area contributed by atoms with Crippen LogP contribution in [0.15, 0.2) is 29.3 Å². The van der Waals surface area contributed by atoms with Crippen molar-refractivity contribution in [3.63, 3.8) is 0 Å². The molecule has 0 radical (unpaired) electrons. The van der Waals surface area contributed by atoms with Crippen LogP contribution in [0.4, 0.5) is 5.69 Å². The normalized spacial score (nSPS) is 28.1. The predicted octanol–water partition coefficient (Wildman–Crippen LogP) is 6.81. The van der Waals surface area contributed by atoms with Gasteiger partial charge in [0, 0.05) is 22.8 Å². The molecule has 1 fully saturated rings. The third kappa shape index (κ3) is 5.56. The number of rotatable bonds is 10. The molecule has 3 rings (SSSR count). The SMILES string of the molecule is CCCN1C=NC(C(=O)OC)(C(C)CC)C1CC1CCC(C(C)(C)Nc2ccc(Cl)cc2)CC1. The lowest BCUT2D eigenvalue weighted by Gasteiger charge is -2.44. The number of nitrogens with one attached hydrogen (secondary N) is 1. The topological polar surface area (TPSA) is 53.9 Å². The molecule has 0 spiro atoms. The van der Waals surface area contributed by atoms with E-state index in [2.05, 4.69) is 57.0 Å². The Morgan fingerprint density at radius 3 is 2.44 bits per heavy atom. The Hall–Kier alpha value is -1.75. The summed E-state index contributed by atoms with van der Waals surface area (Å²) in [5.74, 6) is 1.17. The lowest BCUT2D eigenvalue weighted by Crippen LogP contribution is -2.56. The van der Waals surface area contributed by atoms with E-state index in [9.17, 15) is 4.79 Å². The van der Waals surface area contributed by atoms with Crippen molar-refractivity contribution in [3.05, 3.63) is 29.3 Å². The molecule has 2 aliphatic rings. The van der Waals surface area contributed by atoms with Gasteiger partial charge in [0.1, 0.15) is 0 Å². The molecule has 0 aromatic heterocycles. The van der Waals surface area contributed by atoms with Crippen molar-refractivity contribution in [1.29, 1.82) is 0 Å². The van der Waals surface area contributed by atoms with Gasteiger partial charge >= 0.3 is 5.97 Å². The quantitative estimate of drug-likeness (QED) is 0.367.